The van der Waals surface area contributed by atoms with Crippen molar-refractivity contribution in [2.24, 2.45) is 0 Å². The van der Waals surface area contributed by atoms with E-state index in [-0.39, 0.29) is 0 Å². The molecular formula is C4H3Cl2F3O. The fourth-order valence-corrected chi connectivity index (χ4v) is 1.23. The third-order valence-corrected chi connectivity index (χ3v) is 2.52. The fourth-order valence-electron chi connectivity index (χ4n) is 0.620. The average molecular weight is 195 g/mol. The van der Waals surface area contributed by atoms with Gasteiger partial charge in [0.15, 0.2) is 0 Å². The Morgan fingerprint density at radius 1 is 1.10 bits per heavy atom. The highest BCUT2D eigenvalue weighted by atomic mass is 35.5. The van der Waals surface area contributed by atoms with E-state index in [1.165, 1.54) is 0 Å². The van der Waals surface area contributed by atoms with Crippen molar-refractivity contribution in [1.29, 1.82) is 0 Å². The molecule has 0 aromatic rings. The van der Waals surface area contributed by atoms with Gasteiger partial charge in [-0.1, -0.05) is 23.2 Å². The van der Waals surface area contributed by atoms with Crippen LogP contribution in [0.15, 0.2) is 0 Å². The van der Waals surface area contributed by atoms with E-state index in [1.54, 1.807) is 0 Å². The molecule has 2 unspecified atom stereocenters. The third-order valence-electron chi connectivity index (χ3n) is 1.42. The summed E-state index contributed by atoms with van der Waals surface area (Å²) in [5, 5.41) is -6.54. The standard InChI is InChI=1S/C4H3Cl2F3O/c1-10-4(9)2(5,7)3(4,6)8/h1H3. The summed E-state index contributed by atoms with van der Waals surface area (Å²) in [5.41, 5.74) is 0. The van der Waals surface area contributed by atoms with Crippen LogP contribution in [0.25, 0.3) is 0 Å². The third kappa shape index (κ3) is 0.558. The lowest BCUT2D eigenvalue weighted by molar-refractivity contribution is -0.0730. The van der Waals surface area contributed by atoms with Gasteiger partial charge < -0.3 is 4.74 Å². The number of hydrogen-bond acceptors (Lipinski definition) is 1. The molecule has 2 atom stereocenters. The summed E-state index contributed by atoms with van der Waals surface area (Å²) >= 11 is 9.33. The molecule has 0 amide bonds. The Labute approximate surface area is 65.0 Å². The molecule has 0 aromatic carbocycles. The second-order valence-electron chi connectivity index (χ2n) is 1.95. The molecule has 1 aliphatic carbocycles. The Morgan fingerprint density at radius 2 is 1.40 bits per heavy atom. The molecule has 0 radical (unpaired) electrons. The molecule has 6 heteroatoms. The summed E-state index contributed by atoms with van der Waals surface area (Å²) in [7, 11) is 0.778. The van der Waals surface area contributed by atoms with Gasteiger partial charge in [0.25, 0.3) is 10.3 Å². The molecule has 0 aliphatic heterocycles. The first-order valence-corrected chi connectivity index (χ1v) is 3.06. The molecule has 0 saturated heterocycles. The van der Waals surface area contributed by atoms with Gasteiger partial charge in [-0.3, -0.25) is 0 Å². The van der Waals surface area contributed by atoms with Gasteiger partial charge >= 0.3 is 5.85 Å². The van der Waals surface area contributed by atoms with Crippen molar-refractivity contribution >= 4 is 23.2 Å². The van der Waals surface area contributed by atoms with Crippen molar-refractivity contribution in [3.63, 3.8) is 0 Å². The minimum atomic E-state index is -3.27. The minimum Gasteiger partial charge on any atom is -0.342 e. The van der Waals surface area contributed by atoms with E-state index in [0.29, 0.717) is 0 Å². The molecule has 1 aliphatic rings. The first-order valence-electron chi connectivity index (χ1n) is 2.31. The number of halogens is 5. The topological polar surface area (TPSA) is 9.23 Å². The van der Waals surface area contributed by atoms with Crippen LogP contribution in [0.1, 0.15) is 0 Å². The highest BCUT2D eigenvalue weighted by Crippen LogP contribution is 2.71. The van der Waals surface area contributed by atoms with Gasteiger partial charge in [-0.15, -0.1) is 0 Å². The van der Waals surface area contributed by atoms with Crippen molar-refractivity contribution in [1.82, 2.24) is 0 Å². The number of rotatable bonds is 1. The van der Waals surface area contributed by atoms with E-state index in [1.807, 2.05) is 0 Å². The molecule has 1 nitrogen and oxygen atoms in total. The van der Waals surface area contributed by atoms with Gasteiger partial charge in [0, 0.05) is 7.11 Å². The molecule has 1 rings (SSSR count). The zero-order chi connectivity index (χ0) is 8.21. The van der Waals surface area contributed by atoms with Crippen LogP contribution in [0.2, 0.25) is 0 Å². The van der Waals surface area contributed by atoms with Crippen LogP contribution in [-0.2, 0) is 4.74 Å². The lowest BCUT2D eigenvalue weighted by atomic mass is 10.7. The zero-order valence-electron chi connectivity index (χ0n) is 4.80. The van der Waals surface area contributed by atoms with Crippen molar-refractivity contribution in [3.8, 4) is 0 Å². The Morgan fingerprint density at radius 3 is 1.40 bits per heavy atom. The molecule has 0 heterocycles. The van der Waals surface area contributed by atoms with E-state index in [2.05, 4.69) is 27.9 Å². The molecule has 0 aromatic heterocycles. The summed E-state index contributed by atoms with van der Waals surface area (Å²) in [6, 6.07) is 0. The summed E-state index contributed by atoms with van der Waals surface area (Å²) in [5.74, 6) is -3.22. The van der Waals surface area contributed by atoms with Crippen molar-refractivity contribution < 1.29 is 17.9 Å². The van der Waals surface area contributed by atoms with E-state index >= 15 is 0 Å². The minimum absolute atomic E-state index is 0.778. The Balaban J connectivity index is 2.90. The van der Waals surface area contributed by atoms with Crippen molar-refractivity contribution in [3.05, 3.63) is 0 Å². The van der Waals surface area contributed by atoms with Gasteiger partial charge in [-0.25, -0.2) is 13.2 Å². The Hall–Kier alpha value is 0.330. The lowest BCUT2D eigenvalue weighted by Crippen LogP contribution is -2.14. The van der Waals surface area contributed by atoms with Gasteiger partial charge in [0.1, 0.15) is 0 Å². The molecule has 0 bridgehead atoms. The average Bonchev–Trinajstić information content (AvgIpc) is 2.11. The quantitative estimate of drug-likeness (QED) is 0.582. The Bertz CT molecular complexity index is 156. The van der Waals surface area contributed by atoms with E-state index in [0.717, 1.165) is 7.11 Å². The molecule has 10 heavy (non-hydrogen) atoms. The first kappa shape index (κ1) is 8.43. The van der Waals surface area contributed by atoms with E-state index in [4.69, 9.17) is 0 Å². The van der Waals surface area contributed by atoms with Crippen LogP contribution < -0.4 is 0 Å². The molecule has 60 valence electrons. The summed E-state index contributed by atoms with van der Waals surface area (Å²) in [4.78, 5) is 0. The predicted octanol–water partition coefficient (Wildman–Crippen LogP) is 2.12. The number of hydrogen-bond donors (Lipinski definition) is 0. The van der Waals surface area contributed by atoms with Crippen LogP contribution in [0.3, 0.4) is 0 Å². The number of methoxy groups -OCH3 is 1. The first-order chi connectivity index (χ1) is 4.31. The van der Waals surface area contributed by atoms with Gasteiger partial charge in [-0.05, 0) is 0 Å². The highest BCUT2D eigenvalue weighted by Gasteiger charge is 2.96. The van der Waals surface area contributed by atoms with E-state index in [9.17, 15) is 13.2 Å². The van der Waals surface area contributed by atoms with Gasteiger partial charge in [0.2, 0.25) is 0 Å². The lowest BCUT2D eigenvalue weighted by Gasteiger charge is -2.00. The monoisotopic (exact) mass is 194 g/mol. The maximum Gasteiger partial charge on any atom is 0.315 e. The van der Waals surface area contributed by atoms with Crippen LogP contribution in [0.4, 0.5) is 13.2 Å². The van der Waals surface area contributed by atoms with Gasteiger partial charge in [0.05, 0.1) is 0 Å². The summed E-state index contributed by atoms with van der Waals surface area (Å²) < 4.78 is 41.1. The van der Waals surface area contributed by atoms with Crippen molar-refractivity contribution in [2.75, 3.05) is 7.11 Å². The number of alkyl halides is 5. The van der Waals surface area contributed by atoms with Gasteiger partial charge in [-0.2, -0.15) is 0 Å². The zero-order valence-corrected chi connectivity index (χ0v) is 6.31. The summed E-state index contributed by atoms with van der Waals surface area (Å²) in [6.45, 7) is 0. The highest BCUT2D eigenvalue weighted by molar-refractivity contribution is 6.39. The molecule has 1 fully saturated rings. The van der Waals surface area contributed by atoms with Crippen LogP contribution in [-0.4, -0.2) is 23.2 Å². The SMILES string of the molecule is COC1(F)C(F)(Cl)C1(F)Cl. The molecule has 1 saturated carbocycles. The van der Waals surface area contributed by atoms with Crippen LogP contribution in [0, 0.1) is 0 Å². The smallest absolute Gasteiger partial charge is 0.315 e. The van der Waals surface area contributed by atoms with Crippen molar-refractivity contribution in [2.45, 2.75) is 16.1 Å². The largest absolute Gasteiger partial charge is 0.342 e. The Kier molecular flexibility index (Phi) is 1.46. The second kappa shape index (κ2) is 1.73. The molecule has 0 spiro atoms. The molecule has 0 N–H and O–H groups in total. The normalized spacial score (nSPS) is 60.6. The summed E-state index contributed by atoms with van der Waals surface area (Å²) in [6.07, 6.45) is 0. The second-order valence-corrected chi connectivity index (χ2v) is 2.99. The van der Waals surface area contributed by atoms with Crippen LogP contribution in [0.5, 0.6) is 0 Å². The number of ether oxygens (including phenoxy) is 1. The maximum absolute atomic E-state index is 12.5. The maximum atomic E-state index is 12.5. The predicted molar refractivity (Wildman–Crippen MR) is 30.2 cm³/mol. The fraction of sp³-hybridized carbons (Fsp3) is 1.00. The van der Waals surface area contributed by atoms with E-state index < -0.39 is 16.1 Å². The molecular weight excluding hydrogens is 192 g/mol. The van der Waals surface area contributed by atoms with Crippen LogP contribution >= 0.6 is 23.2 Å².